The Labute approximate surface area is 221 Å². The van der Waals surface area contributed by atoms with Crippen LogP contribution in [0.3, 0.4) is 0 Å². The molecular weight excluding hydrogens is 490 g/mol. The fourth-order valence-electron chi connectivity index (χ4n) is 4.22. The first-order valence-corrected chi connectivity index (χ1v) is 13.4. The number of ether oxygens (including phenoxy) is 1. The molecule has 198 valence electrons. The summed E-state index contributed by atoms with van der Waals surface area (Å²) >= 11 is 1.58. The number of rotatable bonds is 11. The summed E-state index contributed by atoms with van der Waals surface area (Å²) in [5.74, 6) is 0.193. The van der Waals surface area contributed by atoms with Crippen molar-refractivity contribution in [2.24, 2.45) is 5.92 Å². The van der Waals surface area contributed by atoms with Crippen molar-refractivity contribution >= 4 is 46.1 Å². The Morgan fingerprint density at radius 2 is 2.03 bits per heavy atom. The van der Waals surface area contributed by atoms with Gasteiger partial charge >= 0.3 is 0 Å². The van der Waals surface area contributed by atoms with E-state index >= 15 is 0 Å². The Morgan fingerprint density at radius 1 is 1.22 bits per heavy atom. The lowest BCUT2D eigenvalue weighted by Gasteiger charge is -2.18. The van der Waals surface area contributed by atoms with Crippen molar-refractivity contribution in [3.63, 3.8) is 0 Å². The first-order chi connectivity index (χ1) is 17.8. The molecular formula is C26H35N7O3S. The van der Waals surface area contributed by atoms with Crippen LogP contribution < -0.4 is 15.5 Å². The van der Waals surface area contributed by atoms with Gasteiger partial charge in [-0.05, 0) is 37.1 Å². The minimum atomic E-state index is -0.378. The standard InChI is InChI=1S/C26H35N7O3S/c1-16(2)37-26-30-23(27-9-11-36-5)21-14-29-33(24(21)31-26)10-8-28-25(35)19-13-22(34)32(15-19)20-7-6-17(3)18(4)12-20/h6-7,12,14,16,19H,8-11,13,15H2,1-5H3,(H,28,35)(H,27,30,31). The van der Waals surface area contributed by atoms with E-state index in [0.717, 1.165) is 22.5 Å². The van der Waals surface area contributed by atoms with E-state index in [1.165, 1.54) is 5.56 Å². The lowest BCUT2D eigenvalue weighted by molar-refractivity contribution is -0.126. The van der Waals surface area contributed by atoms with Gasteiger partial charge in [0.05, 0.1) is 30.7 Å². The van der Waals surface area contributed by atoms with Crippen molar-refractivity contribution in [3.05, 3.63) is 35.5 Å². The van der Waals surface area contributed by atoms with E-state index in [9.17, 15) is 9.59 Å². The normalized spacial score (nSPS) is 15.7. The molecule has 11 heteroatoms. The molecule has 0 bridgehead atoms. The molecule has 0 radical (unpaired) electrons. The molecule has 0 spiro atoms. The van der Waals surface area contributed by atoms with Crippen molar-refractivity contribution in [1.29, 1.82) is 0 Å². The lowest BCUT2D eigenvalue weighted by atomic mass is 10.1. The molecule has 37 heavy (non-hydrogen) atoms. The first kappa shape index (κ1) is 26.9. The quantitative estimate of drug-likeness (QED) is 0.223. The molecule has 2 amide bonds. The van der Waals surface area contributed by atoms with Gasteiger partial charge < -0.3 is 20.3 Å². The molecule has 2 N–H and O–H groups in total. The van der Waals surface area contributed by atoms with Crippen molar-refractivity contribution in [1.82, 2.24) is 25.1 Å². The number of nitrogens with zero attached hydrogens (tertiary/aromatic N) is 5. The first-order valence-electron chi connectivity index (χ1n) is 12.5. The van der Waals surface area contributed by atoms with Gasteiger partial charge in [0.15, 0.2) is 10.8 Å². The van der Waals surface area contributed by atoms with Crippen LogP contribution >= 0.6 is 11.8 Å². The second-order valence-electron chi connectivity index (χ2n) is 9.51. The summed E-state index contributed by atoms with van der Waals surface area (Å²) in [6.07, 6.45) is 1.95. The van der Waals surface area contributed by atoms with Crippen LogP contribution in [0.25, 0.3) is 11.0 Å². The number of amides is 2. The van der Waals surface area contributed by atoms with Crippen LogP contribution in [0.1, 0.15) is 31.4 Å². The number of hydrogen-bond donors (Lipinski definition) is 2. The van der Waals surface area contributed by atoms with E-state index in [0.29, 0.717) is 48.8 Å². The Morgan fingerprint density at radius 3 is 2.76 bits per heavy atom. The zero-order valence-electron chi connectivity index (χ0n) is 22.1. The van der Waals surface area contributed by atoms with E-state index in [-0.39, 0.29) is 24.2 Å². The van der Waals surface area contributed by atoms with Gasteiger partial charge in [-0.1, -0.05) is 31.7 Å². The average molecular weight is 526 g/mol. The molecule has 1 aliphatic heterocycles. The molecule has 0 saturated carbocycles. The largest absolute Gasteiger partial charge is 0.383 e. The van der Waals surface area contributed by atoms with Crippen LogP contribution in [0, 0.1) is 19.8 Å². The Kier molecular flexibility index (Phi) is 8.65. The number of carbonyl (C=O) groups excluding carboxylic acids is 2. The summed E-state index contributed by atoms with van der Waals surface area (Å²) in [6.45, 7) is 10.7. The van der Waals surface area contributed by atoms with Crippen LogP contribution in [0.15, 0.2) is 29.6 Å². The van der Waals surface area contributed by atoms with E-state index in [1.807, 2.05) is 32.0 Å². The SMILES string of the molecule is COCCNc1nc(SC(C)C)nc2c1cnn2CCNC(=O)C1CC(=O)N(c2ccc(C)c(C)c2)C1. The number of nitrogens with one attached hydrogen (secondary N) is 2. The summed E-state index contributed by atoms with van der Waals surface area (Å²) in [4.78, 5) is 36.6. The van der Waals surface area contributed by atoms with Gasteiger partial charge in [-0.3, -0.25) is 9.59 Å². The average Bonchev–Trinajstić information content (AvgIpc) is 3.44. The zero-order valence-corrected chi connectivity index (χ0v) is 22.9. The fraction of sp³-hybridized carbons (Fsp3) is 0.500. The molecule has 1 fully saturated rings. The van der Waals surface area contributed by atoms with E-state index in [4.69, 9.17) is 9.72 Å². The van der Waals surface area contributed by atoms with Crippen LogP contribution in [-0.2, 0) is 20.9 Å². The molecule has 3 aromatic rings. The Balaban J connectivity index is 1.40. The van der Waals surface area contributed by atoms with Gasteiger partial charge in [0, 0.05) is 44.1 Å². The van der Waals surface area contributed by atoms with Gasteiger partial charge in [0.2, 0.25) is 11.8 Å². The summed E-state index contributed by atoms with van der Waals surface area (Å²) in [5, 5.41) is 12.6. The molecule has 1 unspecified atom stereocenters. The minimum absolute atomic E-state index is 0.0261. The number of thioether (sulfide) groups is 1. The number of benzene rings is 1. The second-order valence-corrected chi connectivity index (χ2v) is 11.1. The molecule has 2 aromatic heterocycles. The summed E-state index contributed by atoms with van der Waals surface area (Å²) in [5.41, 5.74) is 3.86. The number of fused-ring (bicyclic) bond motifs is 1. The van der Waals surface area contributed by atoms with Gasteiger partial charge in [-0.15, -0.1) is 0 Å². The highest BCUT2D eigenvalue weighted by molar-refractivity contribution is 7.99. The Hall–Kier alpha value is -3.18. The Bertz CT molecular complexity index is 1280. The van der Waals surface area contributed by atoms with Crippen LogP contribution in [0.5, 0.6) is 0 Å². The number of aryl methyl sites for hydroxylation is 2. The number of carbonyl (C=O) groups is 2. The summed E-state index contributed by atoms with van der Waals surface area (Å²) in [6, 6.07) is 5.95. The van der Waals surface area contributed by atoms with Crippen molar-refractivity contribution < 1.29 is 14.3 Å². The van der Waals surface area contributed by atoms with E-state index in [2.05, 4.69) is 34.6 Å². The predicted molar refractivity (Wildman–Crippen MR) is 146 cm³/mol. The van der Waals surface area contributed by atoms with Crippen molar-refractivity contribution in [2.45, 2.75) is 51.1 Å². The number of methoxy groups -OCH3 is 1. The molecule has 1 aliphatic rings. The smallest absolute Gasteiger partial charge is 0.227 e. The summed E-state index contributed by atoms with van der Waals surface area (Å²) < 4.78 is 6.93. The van der Waals surface area contributed by atoms with Crippen LogP contribution in [-0.4, -0.2) is 70.2 Å². The van der Waals surface area contributed by atoms with Crippen molar-refractivity contribution in [3.8, 4) is 0 Å². The maximum Gasteiger partial charge on any atom is 0.227 e. The molecule has 10 nitrogen and oxygen atoms in total. The van der Waals surface area contributed by atoms with Gasteiger partial charge in [0.1, 0.15) is 5.82 Å². The topological polar surface area (TPSA) is 114 Å². The van der Waals surface area contributed by atoms with Gasteiger partial charge in [-0.2, -0.15) is 5.10 Å². The fourth-order valence-corrected chi connectivity index (χ4v) is 4.93. The maximum absolute atomic E-state index is 12.9. The molecule has 1 aromatic carbocycles. The third-order valence-corrected chi connectivity index (χ3v) is 7.20. The third-order valence-electron chi connectivity index (χ3n) is 6.34. The van der Waals surface area contributed by atoms with E-state index < -0.39 is 0 Å². The molecule has 0 aliphatic carbocycles. The maximum atomic E-state index is 12.9. The van der Waals surface area contributed by atoms with E-state index in [1.54, 1.807) is 34.7 Å². The number of anilines is 2. The zero-order chi connectivity index (χ0) is 26.5. The number of hydrogen-bond acceptors (Lipinski definition) is 8. The predicted octanol–water partition coefficient (Wildman–Crippen LogP) is 3.17. The highest BCUT2D eigenvalue weighted by atomic mass is 32.2. The van der Waals surface area contributed by atoms with Gasteiger partial charge in [-0.25, -0.2) is 14.6 Å². The van der Waals surface area contributed by atoms with Crippen LogP contribution in [0.4, 0.5) is 11.5 Å². The molecule has 1 saturated heterocycles. The highest BCUT2D eigenvalue weighted by Gasteiger charge is 2.35. The summed E-state index contributed by atoms with van der Waals surface area (Å²) in [7, 11) is 1.66. The number of aromatic nitrogens is 4. The monoisotopic (exact) mass is 525 g/mol. The minimum Gasteiger partial charge on any atom is -0.383 e. The molecule has 4 rings (SSSR count). The highest BCUT2D eigenvalue weighted by Crippen LogP contribution is 2.28. The molecule has 1 atom stereocenters. The second kappa shape index (κ2) is 11.9. The van der Waals surface area contributed by atoms with Gasteiger partial charge in [0.25, 0.3) is 0 Å². The van der Waals surface area contributed by atoms with Crippen LogP contribution in [0.2, 0.25) is 0 Å². The third kappa shape index (κ3) is 6.40. The van der Waals surface area contributed by atoms with Crippen molar-refractivity contribution in [2.75, 3.05) is 43.6 Å². The molecule has 3 heterocycles. The lowest BCUT2D eigenvalue weighted by Crippen LogP contribution is -2.35.